The van der Waals surface area contributed by atoms with E-state index in [-0.39, 0.29) is 27.3 Å². The highest BCUT2D eigenvalue weighted by Gasteiger charge is 2.57. The van der Waals surface area contributed by atoms with Crippen LogP contribution in [0.2, 0.25) is 0 Å². The Hall–Kier alpha value is -2.36. The first-order valence-electron chi connectivity index (χ1n) is 13.9. The van der Waals surface area contributed by atoms with E-state index in [0.717, 1.165) is 30.0 Å². The van der Waals surface area contributed by atoms with Crippen LogP contribution in [0.1, 0.15) is 117 Å². The summed E-state index contributed by atoms with van der Waals surface area (Å²) < 4.78 is 2.50. The van der Waals surface area contributed by atoms with Crippen molar-refractivity contribution in [2.45, 2.75) is 117 Å². The van der Waals surface area contributed by atoms with E-state index in [2.05, 4.69) is 111 Å². The fraction of sp³-hybridized carbons (Fsp3) is 0.625. The molecule has 1 aromatic carbocycles. The maximum absolute atomic E-state index is 5.43. The van der Waals surface area contributed by atoms with E-state index in [1.54, 1.807) is 0 Å². The molecular formula is C32H44N4. The van der Waals surface area contributed by atoms with Crippen LogP contribution in [0.4, 0.5) is 5.82 Å². The molecule has 1 aliphatic heterocycles. The fourth-order valence-corrected chi connectivity index (χ4v) is 7.63. The molecule has 0 spiro atoms. The molecule has 0 fully saturated rings. The van der Waals surface area contributed by atoms with Crippen molar-refractivity contribution in [3.63, 3.8) is 0 Å². The Labute approximate surface area is 217 Å². The van der Waals surface area contributed by atoms with E-state index < -0.39 is 0 Å². The summed E-state index contributed by atoms with van der Waals surface area (Å²) in [5.41, 5.74) is 9.26. The minimum Gasteiger partial charge on any atom is -0.336 e. The van der Waals surface area contributed by atoms with E-state index in [1.165, 1.54) is 33.5 Å². The molecule has 0 N–H and O–H groups in total. The molecule has 3 aromatic rings. The molecule has 6 rings (SSSR count). The maximum atomic E-state index is 5.43. The molecule has 2 aliphatic carbocycles. The summed E-state index contributed by atoms with van der Waals surface area (Å²) in [5, 5.41) is 0. The molecule has 2 bridgehead atoms. The van der Waals surface area contributed by atoms with Crippen molar-refractivity contribution in [1.29, 1.82) is 0 Å². The molecule has 0 saturated heterocycles. The summed E-state index contributed by atoms with van der Waals surface area (Å²) in [7, 11) is 2.22. The highest BCUT2D eigenvalue weighted by Crippen LogP contribution is 2.62. The number of benzene rings is 1. The maximum Gasteiger partial charge on any atom is 0.147 e. The van der Waals surface area contributed by atoms with Crippen LogP contribution in [0, 0.1) is 5.41 Å². The van der Waals surface area contributed by atoms with Crippen LogP contribution in [0.3, 0.4) is 0 Å². The van der Waals surface area contributed by atoms with Crippen LogP contribution in [0.15, 0.2) is 18.2 Å². The number of nitrogens with zero attached hydrogens (tertiary/aromatic N) is 4. The van der Waals surface area contributed by atoms with Gasteiger partial charge in [-0.3, -0.25) is 0 Å². The predicted octanol–water partition coefficient (Wildman–Crippen LogP) is 8.01. The lowest BCUT2D eigenvalue weighted by molar-refractivity contribution is 0.125. The molecule has 4 nitrogen and oxygen atoms in total. The zero-order valence-electron chi connectivity index (χ0n) is 24.5. The number of anilines is 1. The van der Waals surface area contributed by atoms with Gasteiger partial charge in [0.25, 0.3) is 0 Å². The summed E-state index contributed by atoms with van der Waals surface area (Å²) in [4.78, 5) is 13.1. The average molecular weight is 485 g/mol. The SMILES string of the molecule is CCC1CC(C)(C)c2cc1c1c(n2)N(C)C(C)(C)n2c-1nc1cc3c(cc12)C(C)(C)C(C)(C)C3(C)C. The summed E-state index contributed by atoms with van der Waals surface area (Å²) in [6.07, 6.45) is 2.28. The van der Waals surface area contributed by atoms with E-state index in [9.17, 15) is 0 Å². The van der Waals surface area contributed by atoms with Crippen LogP contribution in [0.5, 0.6) is 0 Å². The van der Waals surface area contributed by atoms with Crippen molar-refractivity contribution in [2.24, 2.45) is 5.41 Å². The number of hydrogen-bond acceptors (Lipinski definition) is 3. The molecule has 3 heterocycles. The Balaban J connectivity index is 1.71. The second-order valence-corrected chi connectivity index (χ2v) is 14.6. The quantitative estimate of drug-likeness (QED) is 0.351. The van der Waals surface area contributed by atoms with E-state index in [4.69, 9.17) is 9.97 Å². The number of hydrogen-bond donors (Lipinski definition) is 0. The smallest absolute Gasteiger partial charge is 0.147 e. The monoisotopic (exact) mass is 484 g/mol. The third-order valence-electron chi connectivity index (χ3n) is 11.6. The first-order chi connectivity index (χ1) is 16.5. The molecule has 0 radical (unpaired) electrons. The topological polar surface area (TPSA) is 34.0 Å². The van der Waals surface area contributed by atoms with E-state index >= 15 is 0 Å². The van der Waals surface area contributed by atoms with Crippen LogP contribution in [-0.4, -0.2) is 21.6 Å². The standard InChI is InChI=1S/C32H44N4/c1-13-18-17-28(2,3)24-14-19(18)25-26(34-24)35(12)32(10,11)36-23-16-21-20(15-22(23)33-27(25)36)29(4,5)31(8,9)30(21,6)7/h14-16,18H,13,17H2,1-12H3. The van der Waals surface area contributed by atoms with E-state index in [1.807, 2.05) is 0 Å². The van der Waals surface area contributed by atoms with Crippen LogP contribution >= 0.6 is 0 Å². The molecule has 3 aliphatic rings. The fourth-order valence-electron chi connectivity index (χ4n) is 7.63. The molecule has 1 unspecified atom stereocenters. The highest BCUT2D eigenvalue weighted by molar-refractivity contribution is 5.89. The summed E-state index contributed by atoms with van der Waals surface area (Å²) in [6.45, 7) is 26.2. The zero-order chi connectivity index (χ0) is 26.4. The molecule has 4 heteroatoms. The molecular weight excluding hydrogens is 440 g/mol. The lowest BCUT2D eigenvalue weighted by Gasteiger charge is -2.46. The largest absolute Gasteiger partial charge is 0.336 e. The van der Waals surface area contributed by atoms with Gasteiger partial charge in [0.2, 0.25) is 0 Å². The van der Waals surface area contributed by atoms with Crippen molar-refractivity contribution in [1.82, 2.24) is 14.5 Å². The molecule has 0 amide bonds. The van der Waals surface area contributed by atoms with Crippen molar-refractivity contribution in [3.8, 4) is 11.4 Å². The van der Waals surface area contributed by atoms with Gasteiger partial charge < -0.3 is 9.47 Å². The Morgan fingerprint density at radius 1 is 0.861 bits per heavy atom. The summed E-state index contributed by atoms with van der Waals surface area (Å²) >= 11 is 0. The van der Waals surface area contributed by atoms with Crippen LogP contribution in [-0.2, 0) is 21.9 Å². The number of pyridine rings is 1. The first-order valence-corrected chi connectivity index (χ1v) is 13.9. The third-order valence-corrected chi connectivity index (χ3v) is 11.6. The minimum atomic E-state index is -0.285. The van der Waals surface area contributed by atoms with E-state index in [0.29, 0.717) is 5.92 Å². The molecule has 2 aromatic heterocycles. The number of imidazole rings is 1. The number of fused-ring (bicyclic) bond motifs is 9. The van der Waals surface area contributed by atoms with Gasteiger partial charge in [-0.15, -0.1) is 0 Å². The molecule has 1 atom stereocenters. The lowest BCUT2D eigenvalue weighted by Crippen LogP contribution is -2.48. The summed E-state index contributed by atoms with van der Waals surface area (Å²) in [5.74, 6) is 2.71. The van der Waals surface area contributed by atoms with Gasteiger partial charge in [-0.25, -0.2) is 9.97 Å². The van der Waals surface area contributed by atoms with Gasteiger partial charge >= 0.3 is 0 Å². The van der Waals surface area contributed by atoms with Crippen molar-refractivity contribution >= 4 is 16.9 Å². The molecule has 192 valence electrons. The third kappa shape index (κ3) is 2.52. The van der Waals surface area contributed by atoms with Crippen LogP contribution < -0.4 is 4.90 Å². The van der Waals surface area contributed by atoms with Gasteiger partial charge in [-0.05, 0) is 83.7 Å². The number of aromatic nitrogens is 3. The second kappa shape index (κ2) is 6.55. The zero-order valence-corrected chi connectivity index (χ0v) is 24.5. The Morgan fingerprint density at radius 2 is 1.47 bits per heavy atom. The summed E-state index contributed by atoms with van der Waals surface area (Å²) in [6, 6.07) is 7.28. The highest BCUT2D eigenvalue weighted by atomic mass is 15.4. The van der Waals surface area contributed by atoms with Gasteiger partial charge in [-0.2, -0.15) is 0 Å². The number of rotatable bonds is 1. The normalized spacial score (nSPS) is 25.4. The van der Waals surface area contributed by atoms with Crippen molar-refractivity contribution in [3.05, 3.63) is 40.6 Å². The second-order valence-electron chi connectivity index (χ2n) is 14.6. The predicted molar refractivity (Wildman–Crippen MR) is 151 cm³/mol. The van der Waals surface area contributed by atoms with Crippen molar-refractivity contribution < 1.29 is 0 Å². The van der Waals surface area contributed by atoms with Gasteiger partial charge in [0.15, 0.2) is 0 Å². The Morgan fingerprint density at radius 3 is 2.08 bits per heavy atom. The average Bonchev–Trinajstić information content (AvgIpc) is 3.21. The lowest BCUT2D eigenvalue weighted by atomic mass is 9.59. The minimum absolute atomic E-state index is 0.0642. The molecule has 0 saturated carbocycles. The Bertz CT molecular complexity index is 1450. The van der Waals surface area contributed by atoms with Gasteiger partial charge in [0.05, 0.1) is 16.6 Å². The van der Waals surface area contributed by atoms with Crippen molar-refractivity contribution in [2.75, 3.05) is 11.9 Å². The van der Waals surface area contributed by atoms with Crippen LogP contribution in [0.25, 0.3) is 22.4 Å². The van der Waals surface area contributed by atoms with Gasteiger partial charge in [-0.1, -0.05) is 62.3 Å². The van der Waals surface area contributed by atoms with Gasteiger partial charge in [0.1, 0.15) is 17.3 Å². The Kier molecular flexibility index (Phi) is 4.37. The van der Waals surface area contributed by atoms with Gasteiger partial charge in [0, 0.05) is 18.2 Å². The first kappa shape index (κ1) is 24.0. The molecule has 36 heavy (non-hydrogen) atoms.